The van der Waals surface area contributed by atoms with Crippen LogP contribution in [0.4, 0.5) is 0 Å². The van der Waals surface area contributed by atoms with Crippen molar-refractivity contribution in [2.75, 3.05) is 13.7 Å². The molecule has 0 bridgehead atoms. The summed E-state index contributed by atoms with van der Waals surface area (Å²) >= 11 is 0. The van der Waals surface area contributed by atoms with Gasteiger partial charge < -0.3 is 9.47 Å². The molecule has 1 atom stereocenters. The zero-order chi connectivity index (χ0) is 21.5. The number of hydrogen-bond acceptors (Lipinski definition) is 5. The lowest BCUT2D eigenvalue weighted by molar-refractivity contribution is -0.140. The number of fused-ring (bicyclic) bond motifs is 1. The van der Waals surface area contributed by atoms with Crippen LogP contribution in [0.2, 0.25) is 0 Å². The van der Waals surface area contributed by atoms with Gasteiger partial charge in [-0.15, -0.1) is 0 Å². The standard InChI is InChI=1S/C23H28N2O4S/c1-17(2)30(27)23-24-20-14-13-19(29-15-9-5-8-12-22(26)28-3)16-21(20)25(23)18-10-6-4-7-11-18/h4,6-7,10-11,13-14,16-17H,5,8-9,12,15H2,1-3H3. The number of unbranched alkanes of at least 4 members (excludes halogenated alkanes) is 2. The third kappa shape index (κ3) is 5.27. The molecule has 0 aliphatic heterocycles. The summed E-state index contributed by atoms with van der Waals surface area (Å²) < 4.78 is 25.4. The minimum Gasteiger partial charge on any atom is -0.494 e. The molecule has 0 aliphatic carbocycles. The topological polar surface area (TPSA) is 70.4 Å². The van der Waals surface area contributed by atoms with E-state index in [4.69, 9.17) is 4.74 Å². The van der Waals surface area contributed by atoms with E-state index >= 15 is 0 Å². The highest BCUT2D eigenvalue weighted by Gasteiger charge is 2.20. The van der Waals surface area contributed by atoms with Gasteiger partial charge in [0.1, 0.15) is 5.75 Å². The van der Waals surface area contributed by atoms with E-state index in [-0.39, 0.29) is 11.2 Å². The van der Waals surface area contributed by atoms with E-state index in [1.807, 2.05) is 66.9 Å². The predicted octanol–water partition coefficient (Wildman–Crippen LogP) is 4.65. The highest BCUT2D eigenvalue weighted by atomic mass is 32.2. The Hall–Kier alpha value is -2.67. The molecule has 0 N–H and O–H groups in total. The average molecular weight is 429 g/mol. The van der Waals surface area contributed by atoms with E-state index in [1.54, 1.807) is 0 Å². The lowest BCUT2D eigenvalue weighted by atomic mass is 10.2. The van der Waals surface area contributed by atoms with E-state index in [0.29, 0.717) is 18.2 Å². The molecule has 1 heterocycles. The maximum Gasteiger partial charge on any atom is 0.305 e. The molecular weight excluding hydrogens is 400 g/mol. The van der Waals surface area contributed by atoms with Gasteiger partial charge in [0.2, 0.25) is 5.16 Å². The van der Waals surface area contributed by atoms with Crippen molar-refractivity contribution in [1.82, 2.24) is 9.55 Å². The highest BCUT2D eigenvalue weighted by molar-refractivity contribution is 7.85. The summed E-state index contributed by atoms with van der Waals surface area (Å²) in [4.78, 5) is 15.8. The summed E-state index contributed by atoms with van der Waals surface area (Å²) in [6, 6.07) is 15.6. The van der Waals surface area contributed by atoms with Crippen molar-refractivity contribution in [2.45, 2.75) is 49.9 Å². The number of carbonyl (C=O) groups is 1. The van der Waals surface area contributed by atoms with Gasteiger partial charge >= 0.3 is 5.97 Å². The van der Waals surface area contributed by atoms with Gasteiger partial charge in [0.25, 0.3) is 0 Å². The van der Waals surface area contributed by atoms with Gasteiger partial charge in [-0.05, 0) is 43.5 Å². The second-order valence-electron chi connectivity index (χ2n) is 7.30. The summed E-state index contributed by atoms with van der Waals surface area (Å²) in [5.41, 5.74) is 2.57. The van der Waals surface area contributed by atoms with Crippen LogP contribution in [0.15, 0.2) is 53.7 Å². The van der Waals surface area contributed by atoms with Crippen LogP contribution in [0.3, 0.4) is 0 Å². The van der Waals surface area contributed by atoms with Gasteiger partial charge in [0.05, 0.1) is 35.5 Å². The van der Waals surface area contributed by atoms with Crippen LogP contribution < -0.4 is 4.74 Å². The first-order valence-corrected chi connectivity index (χ1v) is 11.4. The van der Waals surface area contributed by atoms with Crippen LogP contribution in [0, 0.1) is 0 Å². The number of para-hydroxylation sites is 1. The number of methoxy groups -OCH3 is 1. The van der Waals surface area contributed by atoms with Gasteiger partial charge in [0, 0.05) is 23.4 Å². The van der Waals surface area contributed by atoms with E-state index in [2.05, 4.69) is 9.72 Å². The second kappa shape index (κ2) is 10.4. The zero-order valence-electron chi connectivity index (χ0n) is 17.7. The Morgan fingerprint density at radius 1 is 1.10 bits per heavy atom. The van der Waals surface area contributed by atoms with E-state index in [0.717, 1.165) is 41.7 Å². The smallest absolute Gasteiger partial charge is 0.305 e. The molecule has 0 spiro atoms. The number of aromatic nitrogens is 2. The monoisotopic (exact) mass is 428 g/mol. The Kier molecular flexibility index (Phi) is 7.63. The lowest BCUT2D eigenvalue weighted by Crippen LogP contribution is -2.12. The number of nitrogens with zero attached hydrogens (tertiary/aromatic N) is 2. The summed E-state index contributed by atoms with van der Waals surface area (Å²) in [6.45, 7) is 4.43. The number of benzene rings is 2. The molecule has 160 valence electrons. The van der Waals surface area contributed by atoms with Crippen LogP contribution >= 0.6 is 0 Å². The van der Waals surface area contributed by atoms with E-state index in [1.165, 1.54) is 7.11 Å². The third-order valence-corrected chi connectivity index (χ3v) is 6.23. The zero-order valence-corrected chi connectivity index (χ0v) is 18.5. The molecule has 30 heavy (non-hydrogen) atoms. The summed E-state index contributed by atoms with van der Waals surface area (Å²) in [5.74, 6) is 0.569. The maximum absolute atomic E-state index is 12.9. The van der Waals surface area contributed by atoms with E-state index < -0.39 is 10.8 Å². The Balaban J connectivity index is 1.79. The van der Waals surface area contributed by atoms with Gasteiger partial charge in [-0.1, -0.05) is 32.0 Å². The molecule has 0 amide bonds. The summed E-state index contributed by atoms with van der Waals surface area (Å²) in [6.07, 6.45) is 2.99. The molecule has 0 radical (unpaired) electrons. The van der Waals surface area contributed by atoms with Gasteiger partial charge in [-0.2, -0.15) is 0 Å². The Bertz CT molecular complexity index is 1010. The lowest BCUT2D eigenvalue weighted by Gasteiger charge is -2.11. The average Bonchev–Trinajstić information content (AvgIpc) is 3.14. The fourth-order valence-electron chi connectivity index (χ4n) is 3.14. The molecule has 0 saturated carbocycles. The van der Waals surface area contributed by atoms with Crippen LogP contribution in [-0.4, -0.2) is 38.7 Å². The third-order valence-electron chi connectivity index (χ3n) is 4.74. The number of hydrogen-bond donors (Lipinski definition) is 0. The molecule has 3 aromatic rings. The quantitative estimate of drug-likeness (QED) is 0.347. The first-order chi connectivity index (χ1) is 14.5. The second-order valence-corrected chi connectivity index (χ2v) is 9.20. The highest BCUT2D eigenvalue weighted by Crippen LogP contribution is 2.28. The molecule has 6 nitrogen and oxygen atoms in total. The van der Waals surface area contributed by atoms with Crippen LogP contribution in [0.25, 0.3) is 16.7 Å². The molecule has 7 heteroatoms. The van der Waals surface area contributed by atoms with Crippen molar-refractivity contribution in [3.63, 3.8) is 0 Å². The van der Waals surface area contributed by atoms with Crippen LogP contribution in [0.1, 0.15) is 39.5 Å². The predicted molar refractivity (Wildman–Crippen MR) is 119 cm³/mol. The van der Waals surface area contributed by atoms with Crippen molar-refractivity contribution in [3.8, 4) is 11.4 Å². The molecule has 2 aromatic carbocycles. The fraction of sp³-hybridized carbons (Fsp3) is 0.391. The summed E-state index contributed by atoms with van der Waals surface area (Å²) in [5, 5.41) is 0.510. The maximum atomic E-state index is 12.9. The molecule has 1 aromatic heterocycles. The van der Waals surface area contributed by atoms with Gasteiger partial charge in [-0.25, -0.2) is 4.98 Å². The number of carbonyl (C=O) groups excluding carboxylic acids is 1. The van der Waals surface area contributed by atoms with Crippen molar-refractivity contribution in [3.05, 3.63) is 48.5 Å². The molecular formula is C23H28N2O4S. The Morgan fingerprint density at radius 3 is 2.57 bits per heavy atom. The minimum absolute atomic E-state index is 0.0371. The van der Waals surface area contributed by atoms with Crippen molar-refractivity contribution in [2.24, 2.45) is 0 Å². The van der Waals surface area contributed by atoms with Crippen molar-refractivity contribution < 1.29 is 18.5 Å². The summed E-state index contributed by atoms with van der Waals surface area (Å²) in [7, 11) is 0.179. The number of imidazole rings is 1. The molecule has 0 fully saturated rings. The number of esters is 1. The molecule has 0 aliphatic rings. The number of ether oxygens (including phenoxy) is 2. The fourth-order valence-corrected chi connectivity index (χ4v) is 4.13. The Morgan fingerprint density at radius 2 is 1.87 bits per heavy atom. The first-order valence-electron chi connectivity index (χ1n) is 10.2. The number of rotatable bonds is 10. The van der Waals surface area contributed by atoms with Gasteiger partial charge in [0.15, 0.2) is 0 Å². The molecule has 0 saturated heterocycles. The van der Waals surface area contributed by atoms with E-state index in [9.17, 15) is 9.00 Å². The first kappa shape index (κ1) is 22.0. The minimum atomic E-state index is -1.23. The molecule has 1 unspecified atom stereocenters. The normalized spacial score (nSPS) is 12.3. The van der Waals surface area contributed by atoms with Crippen LogP contribution in [0.5, 0.6) is 5.75 Å². The van der Waals surface area contributed by atoms with Crippen molar-refractivity contribution in [1.29, 1.82) is 0 Å². The Labute approximate surface area is 179 Å². The van der Waals surface area contributed by atoms with Crippen molar-refractivity contribution >= 4 is 27.8 Å². The van der Waals surface area contributed by atoms with Gasteiger partial charge in [-0.3, -0.25) is 13.6 Å². The van der Waals surface area contributed by atoms with Crippen LogP contribution in [-0.2, 0) is 20.3 Å². The SMILES string of the molecule is COC(=O)CCCCCOc1ccc2nc(S(=O)C(C)C)n(-c3ccccc3)c2c1. The largest absolute Gasteiger partial charge is 0.494 e. The molecule has 3 rings (SSSR count).